The van der Waals surface area contributed by atoms with Gasteiger partial charge in [0.25, 0.3) is 0 Å². The molecular formula is C28H32N3O6P. The second-order valence-electron chi connectivity index (χ2n) is 9.13. The zero-order valence-electron chi connectivity index (χ0n) is 21.3. The number of fused-ring (bicyclic) bond motifs is 3. The van der Waals surface area contributed by atoms with E-state index in [0.29, 0.717) is 37.6 Å². The lowest BCUT2D eigenvalue weighted by molar-refractivity contribution is -0.136. The summed E-state index contributed by atoms with van der Waals surface area (Å²) in [7, 11) is -1.91. The normalized spacial score (nSPS) is 11.5. The van der Waals surface area contributed by atoms with Gasteiger partial charge in [-0.1, -0.05) is 18.2 Å². The minimum Gasteiger partial charge on any atom is -0.491 e. The van der Waals surface area contributed by atoms with E-state index in [-0.39, 0.29) is 12.6 Å². The summed E-state index contributed by atoms with van der Waals surface area (Å²) < 4.78 is 11.1. The van der Waals surface area contributed by atoms with Crippen molar-refractivity contribution in [1.29, 1.82) is 0 Å². The van der Waals surface area contributed by atoms with Gasteiger partial charge >= 0.3 is 5.97 Å². The number of aryl methyl sites for hydroxylation is 4. The van der Waals surface area contributed by atoms with E-state index in [2.05, 4.69) is 29.0 Å². The molecule has 9 nitrogen and oxygen atoms in total. The van der Waals surface area contributed by atoms with Crippen LogP contribution < -0.4 is 10.5 Å². The van der Waals surface area contributed by atoms with Crippen molar-refractivity contribution in [1.82, 2.24) is 9.97 Å². The smallest absolute Gasteiger partial charge is 0.303 e. The Morgan fingerprint density at radius 3 is 2.58 bits per heavy atom. The molecule has 0 aliphatic rings. The van der Waals surface area contributed by atoms with Gasteiger partial charge in [-0.15, -0.1) is 0 Å². The van der Waals surface area contributed by atoms with Crippen LogP contribution in [0.2, 0.25) is 0 Å². The second-order valence-corrected chi connectivity index (χ2v) is 10.3. The molecule has 4 aromatic rings. The number of hydrogen-bond donors (Lipinski definition) is 4. The molecule has 0 saturated heterocycles. The van der Waals surface area contributed by atoms with Crippen LogP contribution in [-0.2, 0) is 28.8 Å². The topological polar surface area (TPSA) is 148 Å². The number of carbonyl (C=O) groups is 1. The molecule has 2 heterocycles. The molecule has 4 rings (SSSR count). The van der Waals surface area contributed by atoms with Crippen LogP contribution in [0.5, 0.6) is 5.75 Å². The van der Waals surface area contributed by atoms with Crippen LogP contribution in [0.25, 0.3) is 21.8 Å². The lowest BCUT2D eigenvalue weighted by Crippen LogP contribution is -2.09. The van der Waals surface area contributed by atoms with Gasteiger partial charge in [-0.05, 0) is 72.7 Å². The first-order chi connectivity index (χ1) is 18.3. The molecule has 0 amide bonds. The quantitative estimate of drug-likeness (QED) is 0.112. The minimum atomic E-state index is -1.91. The highest BCUT2D eigenvalue weighted by Crippen LogP contribution is 2.29. The Kier molecular flexibility index (Phi) is 9.42. The molecular weight excluding hydrogens is 505 g/mol. The van der Waals surface area contributed by atoms with E-state index in [1.807, 2.05) is 36.5 Å². The summed E-state index contributed by atoms with van der Waals surface area (Å²) in [5.74, 6) is 0.300. The SMILES string of the molecule is Cc1cc(OCCOCCP(O)O)ccc1CCc1cnc2c(N)nc3cc(CCC(=O)O)ccc3c2c1. The molecule has 2 aromatic heterocycles. The average Bonchev–Trinajstić information content (AvgIpc) is 2.88. The van der Waals surface area contributed by atoms with Gasteiger partial charge in [0.15, 0.2) is 14.2 Å². The fourth-order valence-electron chi connectivity index (χ4n) is 4.33. The van der Waals surface area contributed by atoms with Crippen molar-refractivity contribution in [2.45, 2.75) is 32.6 Å². The monoisotopic (exact) mass is 537 g/mol. The number of hydrogen-bond acceptors (Lipinski definition) is 8. The summed E-state index contributed by atoms with van der Waals surface area (Å²) in [5, 5.41) is 10.9. The Balaban J connectivity index is 1.42. The van der Waals surface area contributed by atoms with Crippen molar-refractivity contribution in [3.05, 3.63) is 70.9 Å². The molecule has 0 spiro atoms. The third kappa shape index (κ3) is 7.36. The van der Waals surface area contributed by atoms with Gasteiger partial charge in [-0.2, -0.15) is 0 Å². The number of ether oxygens (including phenoxy) is 2. The molecule has 38 heavy (non-hydrogen) atoms. The molecule has 200 valence electrons. The number of nitrogens with zero attached hydrogens (tertiary/aromatic N) is 2. The number of nitrogens with two attached hydrogens (primary N) is 1. The maximum atomic E-state index is 10.9. The molecule has 5 N–H and O–H groups in total. The van der Waals surface area contributed by atoms with Gasteiger partial charge < -0.3 is 30.1 Å². The van der Waals surface area contributed by atoms with E-state index in [1.54, 1.807) is 0 Å². The zero-order valence-corrected chi connectivity index (χ0v) is 22.2. The summed E-state index contributed by atoms with van der Waals surface area (Å²) in [6, 6.07) is 14.0. The van der Waals surface area contributed by atoms with Crippen LogP contribution in [0.3, 0.4) is 0 Å². The first-order valence-electron chi connectivity index (χ1n) is 12.4. The van der Waals surface area contributed by atoms with Crippen molar-refractivity contribution in [3.8, 4) is 5.75 Å². The van der Waals surface area contributed by atoms with Gasteiger partial charge in [0.2, 0.25) is 0 Å². The van der Waals surface area contributed by atoms with Gasteiger partial charge in [-0.25, -0.2) is 4.98 Å². The number of aliphatic carboxylic acids is 1. The van der Waals surface area contributed by atoms with Gasteiger partial charge in [-0.3, -0.25) is 9.78 Å². The average molecular weight is 538 g/mol. The molecule has 0 fully saturated rings. The highest BCUT2D eigenvalue weighted by Gasteiger charge is 2.11. The van der Waals surface area contributed by atoms with E-state index in [1.165, 1.54) is 5.56 Å². The Labute approximate surface area is 222 Å². The zero-order chi connectivity index (χ0) is 27.1. The number of pyridine rings is 2. The molecule has 0 saturated carbocycles. The molecule has 10 heteroatoms. The van der Waals surface area contributed by atoms with Gasteiger partial charge in [0, 0.05) is 29.6 Å². The first kappa shape index (κ1) is 27.7. The van der Waals surface area contributed by atoms with Crippen LogP contribution in [0, 0.1) is 6.92 Å². The minimum absolute atomic E-state index is 0.0684. The summed E-state index contributed by atoms with van der Waals surface area (Å²) >= 11 is 0. The summed E-state index contributed by atoms with van der Waals surface area (Å²) in [5.41, 5.74) is 12.0. The van der Waals surface area contributed by atoms with Crippen molar-refractivity contribution >= 4 is 42.0 Å². The number of nitrogen functional groups attached to an aromatic ring is 1. The largest absolute Gasteiger partial charge is 0.491 e. The van der Waals surface area contributed by atoms with Gasteiger partial charge in [0.05, 0.1) is 18.7 Å². The molecule has 2 aromatic carbocycles. The highest BCUT2D eigenvalue weighted by molar-refractivity contribution is 7.45. The molecule has 0 aliphatic carbocycles. The Bertz CT molecular complexity index is 1430. The van der Waals surface area contributed by atoms with Crippen molar-refractivity contribution in [3.63, 3.8) is 0 Å². The Morgan fingerprint density at radius 1 is 0.974 bits per heavy atom. The number of carboxylic acids is 1. The van der Waals surface area contributed by atoms with E-state index >= 15 is 0 Å². The molecule has 0 bridgehead atoms. The van der Waals surface area contributed by atoms with Crippen LogP contribution in [0.4, 0.5) is 5.82 Å². The summed E-state index contributed by atoms with van der Waals surface area (Å²) in [6.45, 7) is 3.14. The van der Waals surface area contributed by atoms with Crippen LogP contribution in [0.15, 0.2) is 48.7 Å². The number of benzene rings is 2. The van der Waals surface area contributed by atoms with Crippen molar-refractivity contribution in [2.75, 3.05) is 31.7 Å². The number of anilines is 1. The number of carboxylic acid groups (broad SMARTS) is 1. The highest BCUT2D eigenvalue weighted by atomic mass is 31.2. The lowest BCUT2D eigenvalue weighted by Gasteiger charge is -2.12. The molecule has 0 atom stereocenters. The molecule has 0 radical (unpaired) electrons. The van der Waals surface area contributed by atoms with Crippen molar-refractivity contribution < 1.29 is 29.2 Å². The molecule has 0 unspecified atom stereocenters. The summed E-state index contributed by atoms with van der Waals surface area (Å²) in [4.78, 5) is 37.8. The third-order valence-electron chi connectivity index (χ3n) is 6.34. The maximum Gasteiger partial charge on any atom is 0.303 e. The summed E-state index contributed by atoms with van der Waals surface area (Å²) in [6.07, 6.45) is 4.24. The Hall–Kier alpha value is -3.36. The second kappa shape index (κ2) is 12.9. The first-order valence-corrected chi connectivity index (χ1v) is 13.9. The number of rotatable bonds is 13. The van der Waals surface area contributed by atoms with Crippen LogP contribution in [-0.4, -0.2) is 56.8 Å². The van der Waals surface area contributed by atoms with Crippen LogP contribution >= 0.6 is 8.38 Å². The molecule has 0 aliphatic heterocycles. The predicted octanol–water partition coefficient (Wildman–Crippen LogP) is 4.17. The van der Waals surface area contributed by atoms with E-state index in [4.69, 9.17) is 30.1 Å². The van der Waals surface area contributed by atoms with Crippen molar-refractivity contribution in [2.24, 2.45) is 0 Å². The van der Waals surface area contributed by atoms with E-state index in [0.717, 1.165) is 51.6 Å². The fourth-order valence-corrected chi connectivity index (χ4v) is 4.62. The Morgan fingerprint density at radius 2 is 1.82 bits per heavy atom. The van der Waals surface area contributed by atoms with E-state index in [9.17, 15) is 4.79 Å². The van der Waals surface area contributed by atoms with Crippen LogP contribution in [0.1, 0.15) is 28.7 Å². The van der Waals surface area contributed by atoms with Gasteiger partial charge in [0.1, 0.15) is 17.9 Å². The fraction of sp³-hybridized carbons (Fsp3) is 0.321. The van der Waals surface area contributed by atoms with E-state index < -0.39 is 14.3 Å². The maximum absolute atomic E-state index is 10.9. The predicted molar refractivity (Wildman–Crippen MR) is 149 cm³/mol. The standard InChI is InChI=1S/C28H32N3O6P/c1-18-14-22(37-11-10-36-12-13-38(34)35)7-6-21(18)5-2-20-15-24-23-8-3-19(4-9-26(32)33)16-25(23)31-28(29)27(24)30-17-20/h3,6-8,14-17,34-35H,2,4-5,9-13H2,1H3,(H2,29,31)(H,32,33). The lowest BCUT2D eigenvalue weighted by atomic mass is 9.99. The number of aromatic nitrogens is 2. The third-order valence-corrected chi connectivity index (χ3v) is 6.92.